The third kappa shape index (κ3) is 2.17. The molecule has 0 bridgehead atoms. The molecule has 0 spiro atoms. The van der Waals surface area contributed by atoms with E-state index < -0.39 is 5.97 Å². The first-order chi connectivity index (χ1) is 10.0. The van der Waals surface area contributed by atoms with E-state index in [1.165, 1.54) is 18.4 Å². The molecule has 108 valence electrons. The highest BCUT2D eigenvalue weighted by Crippen LogP contribution is 2.37. The molecule has 1 aromatic carbocycles. The number of nitrogen functional groups attached to an aromatic ring is 1. The van der Waals surface area contributed by atoms with Gasteiger partial charge in [-0.3, -0.25) is 4.79 Å². The highest BCUT2D eigenvalue weighted by molar-refractivity contribution is 7.18. The molecule has 0 fully saturated rings. The normalized spacial score (nSPS) is 13.4. The summed E-state index contributed by atoms with van der Waals surface area (Å²) in [4.78, 5) is 26.3. The Morgan fingerprint density at radius 1 is 1.38 bits per heavy atom. The van der Waals surface area contributed by atoms with Crippen molar-refractivity contribution in [3.05, 3.63) is 34.7 Å². The summed E-state index contributed by atoms with van der Waals surface area (Å²) in [5, 5.41) is 0. The number of anilines is 2. The first kappa shape index (κ1) is 13.6. The second-order valence-electron chi connectivity index (χ2n) is 4.86. The summed E-state index contributed by atoms with van der Waals surface area (Å²) in [5.41, 5.74) is 9.14. The fraction of sp³-hybridized carbons (Fsp3) is 0.200. The van der Waals surface area contributed by atoms with Crippen LogP contribution >= 0.6 is 11.3 Å². The molecule has 6 heteroatoms. The Balaban J connectivity index is 2.01. The molecule has 1 aliphatic heterocycles. The van der Waals surface area contributed by atoms with Crippen LogP contribution in [-0.2, 0) is 16.0 Å². The van der Waals surface area contributed by atoms with Crippen LogP contribution < -0.4 is 10.6 Å². The summed E-state index contributed by atoms with van der Waals surface area (Å²) in [5.74, 6) is -0.345. The molecule has 21 heavy (non-hydrogen) atoms. The van der Waals surface area contributed by atoms with Crippen molar-refractivity contribution in [1.82, 2.24) is 0 Å². The Labute approximate surface area is 125 Å². The molecule has 1 aliphatic rings. The Morgan fingerprint density at radius 2 is 2.14 bits per heavy atom. The predicted octanol–water partition coefficient (Wildman–Crippen LogP) is 2.30. The quantitative estimate of drug-likeness (QED) is 0.864. The molecule has 0 atom stereocenters. The molecule has 3 rings (SSSR count). The largest absolute Gasteiger partial charge is 0.465 e. The van der Waals surface area contributed by atoms with Gasteiger partial charge >= 0.3 is 5.97 Å². The van der Waals surface area contributed by atoms with Gasteiger partial charge in [-0.2, -0.15) is 0 Å². The smallest absolute Gasteiger partial charge is 0.350 e. The number of nitrogens with zero attached hydrogens (tertiary/aromatic N) is 1. The van der Waals surface area contributed by atoms with Crippen LogP contribution in [0.4, 0.5) is 11.4 Å². The molecule has 2 heterocycles. The predicted molar refractivity (Wildman–Crippen MR) is 82.6 cm³/mol. The van der Waals surface area contributed by atoms with E-state index in [0.717, 1.165) is 21.7 Å². The molecule has 0 saturated heterocycles. The number of ether oxygens (including phenoxy) is 1. The summed E-state index contributed by atoms with van der Waals surface area (Å²) in [6.45, 7) is 0. The number of fused-ring (bicyclic) bond motifs is 1. The molecule has 2 N–H and O–H groups in total. The van der Waals surface area contributed by atoms with E-state index >= 15 is 0 Å². The standard InChI is InChI=1S/C15H14N2O3S/c1-17-11-4-3-8(5-9(11)6-13(17)18)12-7-10(16)14(21-12)15(19)20-2/h3-5,7H,6,16H2,1-2H3. The molecule has 5 nitrogen and oxygen atoms in total. The van der Waals surface area contributed by atoms with E-state index in [9.17, 15) is 9.59 Å². The Morgan fingerprint density at radius 3 is 2.86 bits per heavy atom. The molecule has 2 aromatic rings. The van der Waals surface area contributed by atoms with E-state index in [-0.39, 0.29) is 5.91 Å². The Bertz CT molecular complexity index is 751. The number of likely N-dealkylation sites (N-methyl/N-ethyl adjacent to an activating group) is 1. The lowest BCUT2D eigenvalue weighted by Gasteiger charge is -2.10. The van der Waals surface area contributed by atoms with E-state index in [1.54, 1.807) is 18.0 Å². The molecule has 0 saturated carbocycles. The van der Waals surface area contributed by atoms with Crippen LogP contribution in [0, 0.1) is 0 Å². The van der Waals surface area contributed by atoms with Crippen LogP contribution in [-0.4, -0.2) is 26.0 Å². The molecular weight excluding hydrogens is 288 g/mol. The number of hydrogen-bond donors (Lipinski definition) is 1. The van der Waals surface area contributed by atoms with Gasteiger partial charge in [0, 0.05) is 17.6 Å². The minimum absolute atomic E-state index is 0.0862. The van der Waals surface area contributed by atoms with Crippen LogP contribution in [0.1, 0.15) is 15.2 Å². The van der Waals surface area contributed by atoms with Gasteiger partial charge in [0.2, 0.25) is 5.91 Å². The van der Waals surface area contributed by atoms with E-state index in [0.29, 0.717) is 17.0 Å². The fourth-order valence-corrected chi connectivity index (χ4v) is 3.42. The van der Waals surface area contributed by atoms with Crippen LogP contribution in [0.25, 0.3) is 10.4 Å². The second-order valence-corrected chi connectivity index (χ2v) is 5.91. The topological polar surface area (TPSA) is 72.6 Å². The van der Waals surface area contributed by atoms with Gasteiger partial charge in [-0.1, -0.05) is 6.07 Å². The number of carbonyl (C=O) groups is 2. The number of nitrogens with two attached hydrogens (primary N) is 1. The molecule has 1 aromatic heterocycles. The maximum absolute atomic E-state index is 11.7. The van der Waals surface area contributed by atoms with Crippen LogP contribution in [0.3, 0.4) is 0 Å². The number of thiophene rings is 1. The summed E-state index contributed by atoms with van der Waals surface area (Å²) in [6, 6.07) is 7.59. The summed E-state index contributed by atoms with van der Waals surface area (Å²) < 4.78 is 4.71. The summed E-state index contributed by atoms with van der Waals surface area (Å²) in [7, 11) is 3.10. The van der Waals surface area contributed by atoms with Gasteiger partial charge < -0.3 is 15.4 Å². The maximum atomic E-state index is 11.7. The maximum Gasteiger partial charge on any atom is 0.350 e. The zero-order valence-corrected chi connectivity index (χ0v) is 12.5. The van der Waals surface area contributed by atoms with Crippen molar-refractivity contribution in [2.45, 2.75) is 6.42 Å². The number of hydrogen-bond acceptors (Lipinski definition) is 5. The Hall–Kier alpha value is -2.34. The van der Waals surface area contributed by atoms with Crippen molar-refractivity contribution in [3.8, 4) is 10.4 Å². The van der Waals surface area contributed by atoms with Crippen LogP contribution in [0.5, 0.6) is 0 Å². The third-order valence-electron chi connectivity index (χ3n) is 3.57. The van der Waals surface area contributed by atoms with Crippen LogP contribution in [0.15, 0.2) is 24.3 Å². The SMILES string of the molecule is COC(=O)c1sc(-c2ccc3c(c2)CC(=O)N3C)cc1N. The Kier molecular flexibility index (Phi) is 3.17. The number of methoxy groups -OCH3 is 1. The first-order valence-corrected chi connectivity index (χ1v) is 7.20. The third-order valence-corrected chi connectivity index (χ3v) is 4.75. The lowest BCUT2D eigenvalue weighted by atomic mass is 10.1. The average Bonchev–Trinajstić information content (AvgIpc) is 2.99. The minimum atomic E-state index is -0.431. The first-order valence-electron chi connectivity index (χ1n) is 6.38. The van der Waals surface area contributed by atoms with Crippen molar-refractivity contribution < 1.29 is 14.3 Å². The van der Waals surface area contributed by atoms with E-state index in [2.05, 4.69) is 0 Å². The molecular formula is C15H14N2O3S. The van der Waals surface area contributed by atoms with Crippen molar-refractivity contribution in [2.24, 2.45) is 0 Å². The lowest BCUT2D eigenvalue weighted by molar-refractivity contribution is -0.117. The van der Waals surface area contributed by atoms with Gasteiger partial charge in [-0.05, 0) is 29.3 Å². The average molecular weight is 302 g/mol. The van der Waals surface area contributed by atoms with Gasteiger partial charge in [-0.15, -0.1) is 11.3 Å². The second kappa shape index (κ2) is 4.89. The lowest BCUT2D eigenvalue weighted by Crippen LogP contribution is -2.20. The summed E-state index contributed by atoms with van der Waals surface area (Å²) >= 11 is 1.29. The zero-order valence-electron chi connectivity index (χ0n) is 11.7. The van der Waals surface area contributed by atoms with Crippen molar-refractivity contribution in [3.63, 3.8) is 0 Å². The van der Waals surface area contributed by atoms with Gasteiger partial charge in [0.15, 0.2) is 0 Å². The van der Waals surface area contributed by atoms with Gasteiger partial charge in [0.25, 0.3) is 0 Å². The van der Waals surface area contributed by atoms with Crippen molar-refractivity contribution >= 4 is 34.6 Å². The number of amides is 1. The van der Waals surface area contributed by atoms with Crippen molar-refractivity contribution in [2.75, 3.05) is 24.8 Å². The van der Waals surface area contributed by atoms with Gasteiger partial charge in [0.1, 0.15) is 4.88 Å². The number of carbonyl (C=O) groups excluding carboxylic acids is 2. The van der Waals surface area contributed by atoms with Crippen LogP contribution in [0.2, 0.25) is 0 Å². The zero-order chi connectivity index (χ0) is 15.1. The number of benzene rings is 1. The highest BCUT2D eigenvalue weighted by Gasteiger charge is 2.24. The molecule has 0 unspecified atom stereocenters. The van der Waals surface area contributed by atoms with E-state index in [1.807, 2.05) is 18.2 Å². The molecule has 0 aliphatic carbocycles. The fourth-order valence-electron chi connectivity index (χ4n) is 2.42. The number of esters is 1. The molecule has 0 radical (unpaired) electrons. The van der Waals surface area contributed by atoms with Crippen molar-refractivity contribution in [1.29, 1.82) is 0 Å². The van der Waals surface area contributed by atoms with Gasteiger partial charge in [0.05, 0.1) is 19.2 Å². The molecule has 1 amide bonds. The van der Waals surface area contributed by atoms with Gasteiger partial charge in [-0.25, -0.2) is 4.79 Å². The monoisotopic (exact) mass is 302 g/mol. The minimum Gasteiger partial charge on any atom is -0.465 e. The van der Waals surface area contributed by atoms with E-state index in [4.69, 9.17) is 10.5 Å². The summed E-state index contributed by atoms with van der Waals surface area (Å²) in [6.07, 6.45) is 0.407. The number of rotatable bonds is 2. The highest BCUT2D eigenvalue weighted by atomic mass is 32.1.